The normalized spacial score (nSPS) is 11.7. The molecule has 0 fully saturated rings. The monoisotopic (exact) mass is 298 g/mol. The molecule has 0 aliphatic rings. The van der Waals surface area contributed by atoms with E-state index in [0.29, 0.717) is 5.16 Å². The Kier molecular flexibility index (Phi) is 6.04. The van der Waals surface area contributed by atoms with Crippen molar-refractivity contribution in [3.05, 3.63) is 6.07 Å². The van der Waals surface area contributed by atoms with E-state index in [0.717, 1.165) is 18.2 Å². The van der Waals surface area contributed by atoms with Gasteiger partial charge in [-0.25, -0.2) is 14.8 Å². The van der Waals surface area contributed by atoms with E-state index < -0.39 is 11.9 Å². The third-order valence-electron chi connectivity index (χ3n) is 2.32. The lowest BCUT2D eigenvalue weighted by Gasteiger charge is -2.11. The molecule has 0 aliphatic heterocycles. The number of rotatable bonds is 5. The van der Waals surface area contributed by atoms with E-state index in [2.05, 4.69) is 20.6 Å². The zero-order valence-electron chi connectivity index (χ0n) is 11.3. The van der Waals surface area contributed by atoms with Crippen LogP contribution < -0.4 is 22.1 Å². The summed E-state index contributed by atoms with van der Waals surface area (Å²) in [5, 5.41) is 5.13. The van der Waals surface area contributed by atoms with Gasteiger partial charge in [0.25, 0.3) is 0 Å². The molecular weight excluding hydrogens is 280 g/mol. The molecule has 1 heterocycles. The third kappa shape index (κ3) is 5.74. The van der Waals surface area contributed by atoms with Crippen LogP contribution in [0.2, 0.25) is 0 Å². The lowest BCUT2D eigenvalue weighted by molar-refractivity contribution is -0.117. The number of hydrogen-bond acceptors (Lipinski definition) is 7. The van der Waals surface area contributed by atoms with E-state index in [9.17, 15) is 9.59 Å². The van der Waals surface area contributed by atoms with E-state index in [1.807, 2.05) is 13.8 Å². The number of carbonyl (C=O) groups excluding carboxylic acids is 2. The molecule has 8 nitrogen and oxygen atoms in total. The van der Waals surface area contributed by atoms with Crippen molar-refractivity contribution in [2.75, 3.05) is 17.2 Å². The molecule has 20 heavy (non-hydrogen) atoms. The van der Waals surface area contributed by atoms with Gasteiger partial charge in [-0.3, -0.25) is 10.1 Å². The highest BCUT2D eigenvalue weighted by Gasteiger charge is 2.11. The van der Waals surface area contributed by atoms with Gasteiger partial charge in [-0.15, -0.1) is 0 Å². The van der Waals surface area contributed by atoms with Crippen molar-refractivity contribution in [2.45, 2.75) is 31.5 Å². The third-order valence-corrected chi connectivity index (χ3v) is 3.17. The van der Waals surface area contributed by atoms with E-state index in [1.54, 1.807) is 0 Å². The highest BCUT2D eigenvalue weighted by atomic mass is 32.2. The second-order valence-electron chi connectivity index (χ2n) is 4.12. The van der Waals surface area contributed by atoms with Crippen molar-refractivity contribution in [1.82, 2.24) is 20.6 Å². The Labute approximate surface area is 121 Å². The number of nitrogens with one attached hydrogen (secondary N) is 2. The van der Waals surface area contributed by atoms with Crippen LogP contribution in [-0.2, 0) is 4.79 Å². The second kappa shape index (κ2) is 7.53. The maximum absolute atomic E-state index is 11.6. The summed E-state index contributed by atoms with van der Waals surface area (Å²) in [4.78, 5) is 30.8. The molecule has 0 aromatic carbocycles. The minimum Gasteiger partial charge on any atom is -0.383 e. The fraction of sp³-hybridized carbons (Fsp3) is 0.455. The smallest absolute Gasteiger partial charge is 0.321 e. The summed E-state index contributed by atoms with van der Waals surface area (Å²) in [6.07, 6.45) is 0.784. The Balaban J connectivity index is 2.41. The van der Waals surface area contributed by atoms with Crippen molar-refractivity contribution in [2.24, 2.45) is 0 Å². The van der Waals surface area contributed by atoms with Crippen molar-refractivity contribution < 1.29 is 9.59 Å². The first-order chi connectivity index (χ1) is 9.40. The van der Waals surface area contributed by atoms with Crippen molar-refractivity contribution in [1.29, 1.82) is 0 Å². The van der Waals surface area contributed by atoms with Gasteiger partial charge in [-0.2, -0.15) is 0 Å². The quantitative estimate of drug-likeness (QED) is 0.455. The van der Waals surface area contributed by atoms with Gasteiger partial charge in [-0.1, -0.05) is 18.7 Å². The minimum absolute atomic E-state index is 0.00316. The second-order valence-corrected chi connectivity index (χ2v) is 5.06. The molecule has 0 bridgehead atoms. The standard InChI is InChI=1S/C11H18N6O2S/c1-3-6(2)14-10(19)17-9(18)5-20-11-15-7(12)4-8(13)16-11/h4,6H,3,5H2,1-2H3,(H4,12,13,15,16)(H2,14,17,18,19)/t6-/m1/s1. The Morgan fingerprint density at radius 2 is 1.95 bits per heavy atom. The Morgan fingerprint density at radius 3 is 2.50 bits per heavy atom. The van der Waals surface area contributed by atoms with Crippen LogP contribution in [0.1, 0.15) is 20.3 Å². The van der Waals surface area contributed by atoms with Crippen molar-refractivity contribution >= 4 is 35.3 Å². The van der Waals surface area contributed by atoms with Gasteiger partial charge in [-0.05, 0) is 13.3 Å². The SMILES string of the molecule is CC[C@@H](C)NC(=O)NC(=O)CSc1nc(N)cc(N)n1. The van der Waals surface area contributed by atoms with Crippen molar-refractivity contribution in [3.63, 3.8) is 0 Å². The van der Waals surface area contributed by atoms with Crippen LogP contribution in [0, 0.1) is 0 Å². The predicted octanol–water partition coefficient (Wildman–Crippen LogP) is 0.357. The summed E-state index contributed by atoms with van der Waals surface area (Å²) in [5.41, 5.74) is 11.0. The lowest BCUT2D eigenvalue weighted by Crippen LogP contribution is -2.43. The highest BCUT2D eigenvalue weighted by Crippen LogP contribution is 2.15. The van der Waals surface area contributed by atoms with Gasteiger partial charge in [0.15, 0.2) is 5.16 Å². The van der Waals surface area contributed by atoms with E-state index in [4.69, 9.17) is 11.5 Å². The van der Waals surface area contributed by atoms with Crippen LogP contribution in [0.4, 0.5) is 16.4 Å². The number of anilines is 2. The van der Waals surface area contributed by atoms with Crippen LogP contribution in [-0.4, -0.2) is 33.7 Å². The molecule has 1 rings (SSSR count). The van der Waals surface area contributed by atoms with Gasteiger partial charge in [0.05, 0.1) is 5.75 Å². The number of thioether (sulfide) groups is 1. The van der Waals surface area contributed by atoms with E-state index >= 15 is 0 Å². The number of aromatic nitrogens is 2. The predicted molar refractivity (Wildman–Crippen MR) is 78.0 cm³/mol. The van der Waals surface area contributed by atoms with Crippen LogP contribution >= 0.6 is 11.8 Å². The van der Waals surface area contributed by atoms with Crippen LogP contribution in [0.5, 0.6) is 0 Å². The summed E-state index contributed by atoms with van der Waals surface area (Å²) < 4.78 is 0. The average molecular weight is 298 g/mol. The van der Waals surface area contributed by atoms with E-state index in [1.165, 1.54) is 6.07 Å². The molecule has 9 heteroatoms. The lowest BCUT2D eigenvalue weighted by atomic mass is 10.3. The Bertz CT molecular complexity index is 476. The summed E-state index contributed by atoms with van der Waals surface area (Å²) in [6, 6.07) is 0.912. The number of amides is 3. The average Bonchev–Trinajstić information content (AvgIpc) is 2.34. The first-order valence-electron chi connectivity index (χ1n) is 6.04. The summed E-state index contributed by atoms with van der Waals surface area (Å²) >= 11 is 1.05. The zero-order chi connectivity index (χ0) is 15.1. The number of urea groups is 1. The van der Waals surface area contributed by atoms with Gasteiger partial charge in [0.1, 0.15) is 11.6 Å². The molecule has 6 N–H and O–H groups in total. The van der Waals surface area contributed by atoms with Gasteiger partial charge >= 0.3 is 6.03 Å². The van der Waals surface area contributed by atoms with Gasteiger partial charge in [0, 0.05) is 12.1 Å². The maximum atomic E-state index is 11.6. The van der Waals surface area contributed by atoms with Crippen LogP contribution in [0.25, 0.3) is 0 Å². The first-order valence-corrected chi connectivity index (χ1v) is 7.02. The maximum Gasteiger partial charge on any atom is 0.321 e. The summed E-state index contributed by atoms with van der Waals surface area (Å²) in [5.74, 6) is 0.0156. The molecule has 0 unspecified atom stereocenters. The molecule has 0 radical (unpaired) electrons. The topological polar surface area (TPSA) is 136 Å². The summed E-state index contributed by atoms with van der Waals surface area (Å²) in [6.45, 7) is 3.78. The number of nitrogen functional groups attached to an aromatic ring is 2. The fourth-order valence-electron chi connectivity index (χ4n) is 1.18. The molecule has 1 atom stereocenters. The number of carbonyl (C=O) groups is 2. The minimum atomic E-state index is -0.516. The Hall–Kier alpha value is -2.03. The number of imide groups is 1. The Morgan fingerprint density at radius 1 is 1.35 bits per heavy atom. The van der Waals surface area contributed by atoms with Gasteiger partial charge < -0.3 is 16.8 Å². The molecule has 3 amide bonds. The van der Waals surface area contributed by atoms with Gasteiger partial charge in [0.2, 0.25) is 5.91 Å². The zero-order valence-corrected chi connectivity index (χ0v) is 12.2. The largest absolute Gasteiger partial charge is 0.383 e. The molecule has 1 aromatic heterocycles. The van der Waals surface area contributed by atoms with E-state index in [-0.39, 0.29) is 23.4 Å². The van der Waals surface area contributed by atoms with Crippen molar-refractivity contribution in [3.8, 4) is 0 Å². The fourth-order valence-corrected chi connectivity index (χ4v) is 1.85. The molecule has 110 valence electrons. The molecule has 0 spiro atoms. The number of nitrogens with zero attached hydrogens (tertiary/aromatic N) is 2. The van der Waals surface area contributed by atoms with Crippen LogP contribution in [0.3, 0.4) is 0 Å². The molecular formula is C11H18N6O2S. The number of nitrogens with two attached hydrogens (primary N) is 2. The summed E-state index contributed by atoms with van der Waals surface area (Å²) in [7, 11) is 0. The molecule has 0 saturated carbocycles. The molecule has 0 saturated heterocycles. The highest BCUT2D eigenvalue weighted by molar-refractivity contribution is 7.99. The molecule has 1 aromatic rings. The molecule has 0 aliphatic carbocycles. The first kappa shape index (κ1) is 16.0. The number of hydrogen-bond donors (Lipinski definition) is 4. The van der Waals surface area contributed by atoms with Crippen LogP contribution in [0.15, 0.2) is 11.2 Å².